The van der Waals surface area contributed by atoms with Crippen molar-refractivity contribution in [3.05, 3.63) is 93.0 Å². The molecule has 31 heteroatoms. The lowest BCUT2D eigenvalue weighted by Crippen LogP contribution is -2.36. The molecule has 7 rings (SSSR count). The average molecular weight is 1140 g/mol. The second-order valence-electron chi connectivity index (χ2n) is 18.5. The summed E-state index contributed by atoms with van der Waals surface area (Å²) >= 11 is 6.62. The van der Waals surface area contributed by atoms with E-state index in [2.05, 4.69) is 25.0 Å². The van der Waals surface area contributed by atoms with Crippen molar-refractivity contribution >= 4 is 67.8 Å². The first-order chi connectivity index (χ1) is 33.9. The van der Waals surface area contributed by atoms with Crippen molar-refractivity contribution in [1.29, 1.82) is 0 Å². The van der Waals surface area contributed by atoms with Gasteiger partial charge in [0.15, 0.2) is 21.3 Å². The lowest BCUT2D eigenvalue weighted by molar-refractivity contribution is -0.143. The van der Waals surface area contributed by atoms with Gasteiger partial charge in [0.05, 0.1) is 45.3 Å². The van der Waals surface area contributed by atoms with E-state index in [0.29, 0.717) is 12.3 Å². The molecule has 17 nitrogen and oxygen atoms in total. The molecule has 3 N–H and O–H groups in total. The van der Waals surface area contributed by atoms with Crippen LogP contribution in [0.1, 0.15) is 85.4 Å². The van der Waals surface area contributed by atoms with Gasteiger partial charge in [0.1, 0.15) is 30.4 Å². The van der Waals surface area contributed by atoms with Crippen LogP contribution in [0.2, 0.25) is 5.02 Å². The number of carbonyl (C=O) groups is 2. The summed E-state index contributed by atoms with van der Waals surface area (Å²) in [6.45, 7) is -1.32. The van der Waals surface area contributed by atoms with Crippen molar-refractivity contribution in [3.8, 4) is 11.1 Å². The molecular weight excluding hydrogens is 1100 g/mol. The third kappa shape index (κ3) is 12.1. The number of rotatable bonds is 19. The van der Waals surface area contributed by atoms with Crippen LogP contribution < -0.4 is 9.62 Å². The first-order valence-electron chi connectivity index (χ1n) is 21.9. The number of phosphoric acid groups is 1. The molecule has 2 aromatic carbocycles. The quantitative estimate of drug-likeness (QED) is 0.0404. The molecule has 0 radical (unpaired) electrons. The van der Waals surface area contributed by atoms with Gasteiger partial charge in [-0.25, -0.2) is 30.2 Å². The van der Waals surface area contributed by atoms with Gasteiger partial charge in [-0.05, 0) is 81.7 Å². The van der Waals surface area contributed by atoms with Crippen LogP contribution in [-0.4, -0.2) is 93.0 Å². The number of phosphoric ester groups is 1. The molecule has 1 unspecified atom stereocenters. The van der Waals surface area contributed by atoms with Gasteiger partial charge >= 0.3 is 20.2 Å². The second kappa shape index (κ2) is 19.7. The van der Waals surface area contributed by atoms with Crippen LogP contribution in [0, 0.1) is 17.6 Å². The Kier molecular flexibility index (Phi) is 15.1. The largest absolute Gasteiger partial charge is 0.469 e. The summed E-state index contributed by atoms with van der Waals surface area (Å²) in [7, 11) is -13.7. The first-order valence-corrected chi connectivity index (χ1v) is 27.5. The van der Waals surface area contributed by atoms with Crippen LogP contribution in [0.5, 0.6) is 0 Å². The molecule has 2 aliphatic carbocycles. The van der Waals surface area contributed by atoms with E-state index in [-0.39, 0.29) is 55.3 Å². The van der Waals surface area contributed by atoms with E-state index in [1.807, 2.05) is 0 Å². The minimum atomic E-state index is -5.23. The number of nitrogens with one attached hydrogen (secondary N) is 1. The fourth-order valence-corrected chi connectivity index (χ4v) is 10.8. The molecule has 0 bridgehead atoms. The number of alkyl halides is 8. The van der Waals surface area contributed by atoms with E-state index < -0.39 is 175 Å². The monoisotopic (exact) mass is 1140 g/mol. The van der Waals surface area contributed by atoms with Crippen molar-refractivity contribution < 1.29 is 89.2 Å². The van der Waals surface area contributed by atoms with E-state index in [0.717, 1.165) is 30.5 Å². The minimum absolute atomic E-state index is 0.00584. The number of sulfone groups is 1. The molecule has 3 heterocycles. The highest BCUT2D eigenvalue weighted by molar-refractivity contribution is 7.93. The maximum absolute atomic E-state index is 15.6. The van der Waals surface area contributed by atoms with E-state index >= 15 is 8.78 Å². The molecule has 74 heavy (non-hydrogen) atoms. The Morgan fingerprint density at radius 3 is 2.19 bits per heavy atom. The molecule has 0 aliphatic heterocycles. The van der Waals surface area contributed by atoms with Crippen LogP contribution in [0.15, 0.2) is 42.5 Å². The fraction of sp³-hybridized carbons (Fsp3) is 0.465. The van der Waals surface area contributed by atoms with Gasteiger partial charge in [-0.3, -0.25) is 28.5 Å². The summed E-state index contributed by atoms with van der Waals surface area (Å²) in [5.41, 5.74) is -5.51. The van der Waals surface area contributed by atoms with Gasteiger partial charge in [-0.1, -0.05) is 23.7 Å². The van der Waals surface area contributed by atoms with Crippen LogP contribution in [-0.2, 0) is 76.6 Å². The maximum Gasteiger partial charge on any atom is 0.469 e. The molecule has 404 valence electrons. The van der Waals surface area contributed by atoms with Gasteiger partial charge in [-0.2, -0.15) is 49.6 Å². The Morgan fingerprint density at radius 1 is 0.973 bits per heavy atom. The molecule has 0 spiro atoms. The number of benzene rings is 2. The number of pyridine rings is 1. The third-order valence-electron chi connectivity index (χ3n) is 12.5. The summed E-state index contributed by atoms with van der Waals surface area (Å²) < 4.78 is 214. The lowest BCUT2D eigenvalue weighted by Gasteiger charge is -2.25. The second-order valence-corrected chi connectivity index (χ2v) is 24.6. The highest BCUT2D eigenvalue weighted by atomic mass is 35.5. The number of fused-ring (bicyclic) bond motifs is 4. The third-order valence-corrected chi connectivity index (χ3v) is 16.6. The molecule has 2 aliphatic rings. The van der Waals surface area contributed by atoms with Gasteiger partial charge in [-0.15, -0.1) is 0 Å². The summed E-state index contributed by atoms with van der Waals surface area (Å²) in [5, 5.41) is 8.59. The summed E-state index contributed by atoms with van der Waals surface area (Å²) in [5.74, 6) is -12.6. The molecule has 1 saturated carbocycles. The Hall–Kier alpha value is -5.19. The molecule has 0 saturated heterocycles. The first kappa shape index (κ1) is 56.5. The summed E-state index contributed by atoms with van der Waals surface area (Å²) in [6, 6.07) is 4.98. The number of hydrogen-bond acceptors (Lipinski definition) is 11. The molecule has 2 amide bonds. The zero-order chi connectivity index (χ0) is 55.1. The van der Waals surface area contributed by atoms with E-state index in [4.69, 9.17) is 21.4 Å². The highest BCUT2D eigenvalue weighted by Gasteiger charge is 2.68. The Bertz CT molecular complexity index is 3330. The topological polar surface area (TPSA) is 233 Å². The average Bonchev–Trinajstić information content (AvgIpc) is 3.75. The van der Waals surface area contributed by atoms with Crippen LogP contribution in [0.3, 0.4) is 0 Å². The van der Waals surface area contributed by atoms with Crippen molar-refractivity contribution in [3.63, 3.8) is 0 Å². The molecule has 3 aromatic heterocycles. The van der Waals surface area contributed by atoms with E-state index in [9.17, 15) is 66.1 Å². The molecule has 5 aromatic rings. The predicted molar refractivity (Wildman–Crippen MR) is 244 cm³/mol. The standard InChI is InChI=1S/C43H43ClF10N7O10PS2/c1-40(2,73(3,67)68)12-11-24-7-8-25(26-9-10-29(44)34-36(26)60(20-41(47,48)49)58-39(34)61(74(4,69)70)32(63)6-5-13-71-72(64,65)66)35(55-24)30(16-21-14-22(45)17-23(46)15-21)56-31(62)19-59-38-33(37(57-59)43(52,53)54)27-18-28(27)42(38,50)51/h7-10,14-15,17,27-28,30H,5-6,11-13,16,18-20H2,1-4H3,(H,56,62)(H2,64,65,66)/t27-,28?,30-/m0/s1. The number of sulfonamides is 1. The number of carbonyl (C=O) groups excluding carboxylic acids is 2. The smallest absolute Gasteiger partial charge is 0.346 e. The summed E-state index contributed by atoms with van der Waals surface area (Å²) in [4.78, 5) is 50.6. The highest BCUT2D eigenvalue weighted by Crippen LogP contribution is 2.68. The Morgan fingerprint density at radius 2 is 1.61 bits per heavy atom. The van der Waals surface area contributed by atoms with Crippen molar-refractivity contribution in [2.75, 3.05) is 23.4 Å². The lowest BCUT2D eigenvalue weighted by atomic mass is 9.93. The van der Waals surface area contributed by atoms with Crippen LogP contribution in [0.4, 0.5) is 49.7 Å². The van der Waals surface area contributed by atoms with Crippen molar-refractivity contribution in [1.82, 2.24) is 29.9 Å². The minimum Gasteiger partial charge on any atom is -0.346 e. The predicted octanol–water partition coefficient (Wildman–Crippen LogP) is 8.05. The van der Waals surface area contributed by atoms with Gasteiger partial charge in [0.25, 0.3) is 5.92 Å². The van der Waals surface area contributed by atoms with E-state index in [1.54, 1.807) is 0 Å². The Balaban J connectivity index is 1.44. The number of aromatic nitrogens is 5. The maximum atomic E-state index is 15.6. The fourth-order valence-electron chi connectivity index (χ4n) is 8.79. The number of halogens is 11. The molecule has 1 fully saturated rings. The molecule has 3 atom stereocenters. The summed E-state index contributed by atoms with van der Waals surface area (Å²) in [6.07, 6.45) is -11.6. The van der Waals surface area contributed by atoms with Gasteiger partial charge in [0.2, 0.25) is 21.8 Å². The number of hydrogen-bond donors (Lipinski definition) is 3. The van der Waals surface area contributed by atoms with Gasteiger partial charge in [0, 0.05) is 47.0 Å². The van der Waals surface area contributed by atoms with Gasteiger partial charge < -0.3 is 15.1 Å². The van der Waals surface area contributed by atoms with Crippen molar-refractivity contribution in [2.45, 2.75) is 100 Å². The number of anilines is 1. The SMILES string of the molecule is CC(C)(CCc1ccc(-c2ccc(Cl)c3c(N(C(=O)CCCOP(=O)(O)O)S(C)(=O)=O)nn(CC(F)(F)F)c23)c([C@H](Cc2cc(F)cc(F)c2)NC(=O)Cn2nc(C(F)(F)F)c3c2C(F)(F)C2C[C@H]32)n1)S(C)(=O)=O. The zero-order valence-corrected chi connectivity index (χ0v) is 42.2. The van der Waals surface area contributed by atoms with Crippen LogP contribution in [0.25, 0.3) is 22.0 Å². The number of aryl methyl sites for hydroxylation is 1. The molecular formula is C43H43ClF10N7O10PS2. The number of amides is 2. The van der Waals surface area contributed by atoms with Crippen molar-refractivity contribution in [2.24, 2.45) is 5.92 Å². The van der Waals surface area contributed by atoms with Crippen LogP contribution >= 0.6 is 19.4 Å². The Labute approximate surface area is 419 Å². The number of nitrogens with zero attached hydrogens (tertiary/aromatic N) is 6. The zero-order valence-electron chi connectivity index (χ0n) is 38.9. The van der Waals surface area contributed by atoms with E-state index in [1.165, 1.54) is 26.0 Å². The normalized spacial score (nSPS) is 17.3.